The standard InChI is InChI=1S/C19H14O/c20-15-10-8-13(9-11-15)16-6-3-7-18-17-5-2-1-4-14(17)12-19(16)18/h1-11,20H,12H2. The molecule has 0 amide bonds. The molecule has 0 radical (unpaired) electrons. The molecule has 0 atom stereocenters. The van der Waals surface area contributed by atoms with Gasteiger partial charge in [-0.2, -0.15) is 0 Å². The Morgan fingerprint density at radius 1 is 0.650 bits per heavy atom. The van der Waals surface area contributed by atoms with Crippen molar-refractivity contribution in [3.63, 3.8) is 0 Å². The molecule has 0 heterocycles. The first-order valence-electron chi connectivity index (χ1n) is 6.82. The molecule has 0 aromatic heterocycles. The minimum Gasteiger partial charge on any atom is -0.508 e. The Bertz CT molecular complexity index is 785. The maximum Gasteiger partial charge on any atom is 0.115 e. The molecule has 1 aliphatic rings. The molecule has 4 rings (SSSR count). The molecule has 0 unspecified atom stereocenters. The highest BCUT2D eigenvalue weighted by molar-refractivity contribution is 5.84. The van der Waals surface area contributed by atoms with Gasteiger partial charge in [-0.15, -0.1) is 0 Å². The second-order valence-electron chi connectivity index (χ2n) is 5.21. The van der Waals surface area contributed by atoms with Crippen LogP contribution in [0.25, 0.3) is 22.3 Å². The van der Waals surface area contributed by atoms with Crippen molar-refractivity contribution in [2.24, 2.45) is 0 Å². The van der Waals surface area contributed by atoms with E-state index in [0.717, 1.165) is 12.0 Å². The molecule has 96 valence electrons. The molecule has 3 aromatic rings. The Labute approximate surface area is 118 Å². The lowest BCUT2D eigenvalue weighted by Crippen LogP contribution is -1.87. The van der Waals surface area contributed by atoms with E-state index in [1.165, 1.54) is 27.8 Å². The van der Waals surface area contributed by atoms with Crippen LogP contribution in [0.4, 0.5) is 0 Å². The topological polar surface area (TPSA) is 20.2 Å². The first-order chi connectivity index (χ1) is 9.83. The van der Waals surface area contributed by atoms with Crippen LogP contribution >= 0.6 is 0 Å². The summed E-state index contributed by atoms with van der Waals surface area (Å²) in [7, 11) is 0. The monoisotopic (exact) mass is 258 g/mol. The highest BCUT2D eigenvalue weighted by Gasteiger charge is 2.20. The summed E-state index contributed by atoms with van der Waals surface area (Å²) in [6.45, 7) is 0. The lowest BCUT2D eigenvalue weighted by molar-refractivity contribution is 0.475. The maximum atomic E-state index is 9.44. The van der Waals surface area contributed by atoms with E-state index >= 15 is 0 Å². The molecule has 1 nitrogen and oxygen atoms in total. The van der Waals surface area contributed by atoms with E-state index in [1.54, 1.807) is 12.1 Å². The summed E-state index contributed by atoms with van der Waals surface area (Å²) in [4.78, 5) is 0. The van der Waals surface area contributed by atoms with E-state index in [2.05, 4.69) is 42.5 Å². The number of phenols is 1. The van der Waals surface area contributed by atoms with E-state index < -0.39 is 0 Å². The van der Waals surface area contributed by atoms with E-state index in [4.69, 9.17) is 0 Å². The number of phenolic OH excluding ortho intramolecular Hbond substituents is 1. The maximum absolute atomic E-state index is 9.44. The molecular weight excluding hydrogens is 244 g/mol. The fraction of sp³-hybridized carbons (Fsp3) is 0.0526. The summed E-state index contributed by atoms with van der Waals surface area (Å²) in [6.07, 6.45) is 0.989. The highest BCUT2D eigenvalue weighted by Crippen LogP contribution is 2.41. The quantitative estimate of drug-likeness (QED) is 0.527. The molecule has 0 saturated carbocycles. The number of aromatic hydroxyl groups is 1. The third-order valence-corrected chi connectivity index (χ3v) is 4.03. The van der Waals surface area contributed by atoms with Gasteiger partial charge in [0.2, 0.25) is 0 Å². The first kappa shape index (κ1) is 11.3. The average Bonchev–Trinajstić information content (AvgIpc) is 2.87. The van der Waals surface area contributed by atoms with E-state index in [1.807, 2.05) is 12.1 Å². The van der Waals surface area contributed by atoms with Crippen molar-refractivity contribution < 1.29 is 5.11 Å². The Hall–Kier alpha value is -2.54. The van der Waals surface area contributed by atoms with Crippen LogP contribution < -0.4 is 0 Å². The largest absolute Gasteiger partial charge is 0.508 e. The molecular formula is C19H14O. The fourth-order valence-electron chi connectivity index (χ4n) is 3.07. The van der Waals surface area contributed by atoms with Crippen LogP contribution in [0.1, 0.15) is 11.1 Å². The van der Waals surface area contributed by atoms with Crippen LogP contribution in [-0.4, -0.2) is 5.11 Å². The fourth-order valence-corrected chi connectivity index (χ4v) is 3.07. The van der Waals surface area contributed by atoms with Crippen molar-refractivity contribution in [1.82, 2.24) is 0 Å². The van der Waals surface area contributed by atoms with Crippen molar-refractivity contribution in [2.75, 3.05) is 0 Å². The molecule has 1 N–H and O–H groups in total. The molecule has 0 saturated heterocycles. The van der Waals surface area contributed by atoms with Crippen LogP contribution in [0.3, 0.4) is 0 Å². The minimum atomic E-state index is 0.310. The molecule has 0 fully saturated rings. The van der Waals surface area contributed by atoms with Crippen LogP contribution in [0.15, 0.2) is 66.7 Å². The second kappa shape index (κ2) is 4.24. The molecule has 0 spiro atoms. The highest BCUT2D eigenvalue weighted by atomic mass is 16.3. The van der Waals surface area contributed by atoms with Gasteiger partial charge in [0.05, 0.1) is 0 Å². The average molecular weight is 258 g/mol. The predicted molar refractivity (Wildman–Crippen MR) is 81.8 cm³/mol. The smallest absolute Gasteiger partial charge is 0.115 e. The van der Waals surface area contributed by atoms with E-state index in [9.17, 15) is 5.11 Å². The zero-order valence-corrected chi connectivity index (χ0v) is 11.0. The predicted octanol–water partition coefficient (Wildman–Crippen LogP) is 4.63. The first-order valence-corrected chi connectivity index (χ1v) is 6.82. The van der Waals surface area contributed by atoms with Gasteiger partial charge in [-0.25, -0.2) is 0 Å². The van der Waals surface area contributed by atoms with Crippen molar-refractivity contribution in [2.45, 2.75) is 6.42 Å². The number of rotatable bonds is 1. The number of hydrogen-bond donors (Lipinski definition) is 1. The molecule has 0 aliphatic heterocycles. The summed E-state index contributed by atoms with van der Waals surface area (Å²) < 4.78 is 0. The van der Waals surface area contributed by atoms with Crippen LogP contribution in [0.5, 0.6) is 5.75 Å². The van der Waals surface area contributed by atoms with Gasteiger partial charge >= 0.3 is 0 Å². The molecule has 20 heavy (non-hydrogen) atoms. The Morgan fingerprint density at radius 3 is 2.20 bits per heavy atom. The lowest BCUT2D eigenvalue weighted by Gasteiger charge is -2.09. The second-order valence-corrected chi connectivity index (χ2v) is 5.21. The molecule has 1 aliphatic carbocycles. The van der Waals surface area contributed by atoms with Gasteiger partial charge in [0.1, 0.15) is 5.75 Å². The summed E-state index contributed by atoms with van der Waals surface area (Å²) >= 11 is 0. The van der Waals surface area contributed by atoms with Crippen LogP contribution in [0, 0.1) is 0 Å². The summed E-state index contributed by atoms with van der Waals surface area (Å²) in [5.74, 6) is 0.310. The van der Waals surface area contributed by atoms with E-state index in [-0.39, 0.29) is 0 Å². The van der Waals surface area contributed by atoms with Crippen molar-refractivity contribution in [1.29, 1.82) is 0 Å². The lowest BCUT2D eigenvalue weighted by atomic mass is 9.96. The Morgan fingerprint density at radius 2 is 1.35 bits per heavy atom. The zero-order chi connectivity index (χ0) is 13.5. The van der Waals surface area contributed by atoms with Gasteiger partial charge in [0, 0.05) is 0 Å². The Balaban J connectivity index is 1.91. The molecule has 1 heteroatoms. The summed E-state index contributed by atoms with van der Waals surface area (Å²) in [5, 5.41) is 9.44. The number of benzene rings is 3. The van der Waals surface area contributed by atoms with Gasteiger partial charge < -0.3 is 5.11 Å². The Kier molecular flexibility index (Phi) is 2.40. The third-order valence-electron chi connectivity index (χ3n) is 4.03. The van der Waals surface area contributed by atoms with Crippen molar-refractivity contribution in [3.05, 3.63) is 77.9 Å². The van der Waals surface area contributed by atoms with Crippen molar-refractivity contribution >= 4 is 0 Å². The van der Waals surface area contributed by atoms with Crippen molar-refractivity contribution in [3.8, 4) is 28.0 Å². The van der Waals surface area contributed by atoms with Crippen LogP contribution in [-0.2, 0) is 6.42 Å². The van der Waals surface area contributed by atoms with Gasteiger partial charge in [-0.05, 0) is 51.9 Å². The number of hydrogen-bond acceptors (Lipinski definition) is 1. The summed E-state index contributed by atoms with van der Waals surface area (Å²) in [5.41, 5.74) is 7.90. The van der Waals surface area contributed by atoms with Gasteiger partial charge in [0.15, 0.2) is 0 Å². The minimum absolute atomic E-state index is 0.310. The van der Waals surface area contributed by atoms with Gasteiger partial charge in [-0.1, -0.05) is 54.6 Å². The third kappa shape index (κ3) is 1.64. The SMILES string of the molecule is Oc1ccc(-c2cccc3c2Cc2ccccc2-3)cc1. The molecule has 0 bridgehead atoms. The summed E-state index contributed by atoms with van der Waals surface area (Å²) in [6, 6.07) is 22.5. The van der Waals surface area contributed by atoms with Crippen LogP contribution in [0.2, 0.25) is 0 Å². The molecule has 3 aromatic carbocycles. The van der Waals surface area contributed by atoms with Gasteiger partial charge in [-0.3, -0.25) is 0 Å². The normalized spacial score (nSPS) is 12.0. The van der Waals surface area contributed by atoms with E-state index in [0.29, 0.717) is 5.75 Å². The zero-order valence-electron chi connectivity index (χ0n) is 11.0. The van der Waals surface area contributed by atoms with Gasteiger partial charge in [0.25, 0.3) is 0 Å². The number of fused-ring (bicyclic) bond motifs is 3.